The molecule has 0 aromatic carbocycles. The molecule has 112 valence electrons. The minimum atomic E-state index is -3.28. The van der Waals surface area contributed by atoms with E-state index in [1.54, 1.807) is 0 Å². The lowest BCUT2D eigenvalue weighted by Crippen LogP contribution is -2.36. The minimum Gasteiger partial charge on any atom is -0.228 e. The summed E-state index contributed by atoms with van der Waals surface area (Å²) in [5, 5.41) is 1.03. The van der Waals surface area contributed by atoms with Gasteiger partial charge in [-0.05, 0) is 30.7 Å². The zero-order valence-electron chi connectivity index (χ0n) is 10.9. The number of sulfonamides is 1. The number of nitrogens with zero attached hydrogens (tertiary/aromatic N) is 1. The van der Waals surface area contributed by atoms with Crippen LogP contribution in [0.5, 0.6) is 0 Å². The quantitative estimate of drug-likeness (QED) is 0.837. The molecule has 2 heterocycles. The highest BCUT2D eigenvalue weighted by Gasteiger charge is 2.42. The standard InChI is InChI=1S/C12H17NO4S3/c14-19(15)9-7-13(20(16,17)10-3-4-10)6-5-12(19)11-2-1-8-18-11/h1-2,8,10,12H,3-7,9H2. The van der Waals surface area contributed by atoms with Gasteiger partial charge in [0.05, 0.1) is 16.3 Å². The normalized spacial score (nSPS) is 28.1. The van der Waals surface area contributed by atoms with Crippen LogP contribution in [0.3, 0.4) is 0 Å². The van der Waals surface area contributed by atoms with Crippen LogP contribution in [0.1, 0.15) is 29.4 Å². The molecule has 2 aliphatic rings. The van der Waals surface area contributed by atoms with Crippen LogP contribution in [-0.2, 0) is 19.9 Å². The van der Waals surface area contributed by atoms with E-state index in [1.165, 1.54) is 15.6 Å². The molecule has 1 saturated carbocycles. The highest BCUT2D eigenvalue weighted by molar-refractivity contribution is 7.92. The second kappa shape index (κ2) is 5.08. The van der Waals surface area contributed by atoms with Crippen LogP contribution in [-0.4, -0.2) is 45.2 Å². The summed E-state index contributed by atoms with van der Waals surface area (Å²) < 4.78 is 50.5. The van der Waals surface area contributed by atoms with Crippen LogP contribution in [0.15, 0.2) is 17.5 Å². The molecular weight excluding hydrogens is 318 g/mol. The maximum Gasteiger partial charge on any atom is 0.217 e. The summed E-state index contributed by atoms with van der Waals surface area (Å²) in [4.78, 5) is 0.815. The Kier molecular flexibility index (Phi) is 3.68. The van der Waals surface area contributed by atoms with Crippen molar-refractivity contribution in [3.63, 3.8) is 0 Å². The van der Waals surface area contributed by atoms with Gasteiger partial charge in [0.25, 0.3) is 0 Å². The lowest BCUT2D eigenvalue weighted by molar-refractivity contribution is 0.427. The van der Waals surface area contributed by atoms with E-state index in [2.05, 4.69) is 0 Å². The summed E-state index contributed by atoms with van der Waals surface area (Å²) in [7, 11) is -6.56. The molecule has 5 nitrogen and oxygen atoms in total. The fraction of sp³-hybridized carbons (Fsp3) is 0.667. The Bertz CT molecular complexity index is 674. The van der Waals surface area contributed by atoms with Crippen molar-refractivity contribution in [1.29, 1.82) is 0 Å². The van der Waals surface area contributed by atoms with Gasteiger partial charge in [-0.25, -0.2) is 21.1 Å². The fourth-order valence-electron chi connectivity index (χ4n) is 2.55. The predicted octanol–water partition coefficient (Wildman–Crippen LogP) is 1.40. The van der Waals surface area contributed by atoms with Crippen molar-refractivity contribution in [2.45, 2.75) is 29.8 Å². The highest BCUT2D eigenvalue weighted by atomic mass is 32.2. The third-order valence-corrected chi connectivity index (χ3v) is 9.51. The Hall–Kier alpha value is -0.440. The largest absolute Gasteiger partial charge is 0.228 e. The van der Waals surface area contributed by atoms with Gasteiger partial charge in [0.15, 0.2) is 9.84 Å². The van der Waals surface area contributed by atoms with Crippen LogP contribution in [0.25, 0.3) is 0 Å². The molecule has 1 atom stereocenters. The van der Waals surface area contributed by atoms with Gasteiger partial charge in [-0.3, -0.25) is 0 Å². The van der Waals surface area contributed by atoms with E-state index in [-0.39, 0.29) is 17.5 Å². The van der Waals surface area contributed by atoms with Gasteiger partial charge in [0, 0.05) is 18.0 Å². The highest BCUT2D eigenvalue weighted by Crippen LogP contribution is 2.36. The Balaban J connectivity index is 1.85. The van der Waals surface area contributed by atoms with Crippen molar-refractivity contribution < 1.29 is 16.8 Å². The summed E-state index contributed by atoms with van der Waals surface area (Å²) in [5.74, 6) is -0.0818. The second-order valence-electron chi connectivity index (χ2n) is 5.30. The number of hydrogen-bond donors (Lipinski definition) is 0. The van der Waals surface area contributed by atoms with Gasteiger partial charge in [0.1, 0.15) is 0 Å². The summed E-state index contributed by atoms with van der Waals surface area (Å²) >= 11 is 1.42. The van der Waals surface area contributed by atoms with E-state index >= 15 is 0 Å². The number of sulfone groups is 1. The Morgan fingerprint density at radius 2 is 1.95 bits per heavy atom. The van der Waals surface area contributed by atoms with E-state index in [0.29, 0.717) is 25.8 Å². The van der Waals surface area contributed by atoms with Crippen LogP contribution in [0.2, 0.25) is 0 Å². The second-order valence-corrected chi connectivity index (χ2v) is 10.8. The maximum atomic E-state index is 12.3. The molecule has 3 rings (SSSR count). The summed E-state index contributed by atoms with van der Waals surface area (Å²) in [6.07, 6.45) is 1.77. The summed E-state index contributed by atoms with van der Waals surface area (Å²) in [6.45, 7) is 0.406. The van der Waals surface area contributed by atoms with Gasteiger partial charge in [0.2, 0.25) is 10.0 Å². The van der Waals surface area contributed by atoms with Crippen molar-refractivity contribution in [2.24, 2.45) is 0 Å². The molecule has 1 unspecified atom stereocenters. The van der Waals surface area contributed by atoms with E-state index in [4.69, 9.17) is 0 Å². The molecule has 0 N–H and O–H groups in total. The van der Waals surface area contributed by atoms with Crippen molar-refractivity contribution in [2.75, 3.05) is 18.8 Å². The van der Waals surface area contributed by atoms with Crippen LogP contribution in [0, 0.1) is 0 Å². The first-order valence-electron chi connectivity index (χ1n) is 6.65. The topological polar surface area (TPSA) is 71.5 Å². The first-order valence-corrected chi connectivity index (χ1v) is 10.7. The lowest BCUT2D eigenvalue weighted by Gasteiger charge is -2.19. The molecule has 8 heteroatoms. The summed E-state index contributed by atoms with van der Waals surface area (Å²) in [5.41, 5.74) is 0. The lowest BCUT2D eigenvalue weighted by atomic mass is 10.2. The van der Waals surface area contributed by atoms with Crippen LogP contribution in [0.4, 0.5) is 0 Å². The Morgan fingerprint density at radius 1 is 1.20 bits per heavy atom. The third-order valence-electron chi connectivity index (χ3n) is 3.87. The fourth-order valence-corrected chi connectivity index (χ4v) is 7.53. The Labute approximate surface area is 123 Å². The van der Waals surface area contributed by atoms with E-state index in [0.717, 1.165) is 4.88 Å². The Morgan fingerprint density at radius 3 is 2.55 bits per heavy atom. The zero-order valence-corrected chi connectivity index (χ0v) is 13.4. The number of rotatable bonds is 3. The zero-order chi connectivity index (χ0) is 14.4. The van der Waals surface area contributed by atoms with E-state index in [9.17, 15) is 16.8 Å². The molecule has 0 radical (unpaired) electrons. The van der Waals surface area contributed by atoms with Gasteiger partial charge in [-0.15, -0.1) is 11.3 Å². The van der Waals surface area contributed by atoms with Crippen LogP contribution >= 0.6 is 11.3 Å². The molecule has 1 saturated heterocycles. The van der Waals surface area contributed by atoms with Crippen molar-refractivity contribution >= 4 is 31.2 Å². The van der Waals surface area contributed by atoms with Gasteiger partial charge >= 0.3 is 0 Å². The van der Waals surface area contributed by atoms with Crippen molar-refractivity contribution in [1.82, 2.24) is 4.31 Å². The smallest absolute Gasteiger partial charge is 0.217 e. The monoisotopic (exact) mass is 335 g/mol. The molecule has 20 heavy (non-hydrogen) atoms. The average Bonchev–Trinajstić information content (AvgIpc) is 3.13. The molecule has 1 aromatic rings. The number of hydrogen-bond acceptors (Lipinski definition) is 5. The molecule has 0 amide bonds. The molecular formula is C12H17NO4S3. The van der Waals surface area contributed by atoms with Crippen molar-refractivity contribution in [3.8, 4) is 0 Å². The van der Waals surface area contributed by atoms with Gasteiger partial charge in [-0.1, -0.05) is 6.07 Å². The van der Waals surface area contributed by atoms with Gasteiger partial charge in [-0.2, -0.15) is 0 Å². The predicted molar refractivity (Wildman–Crippen MR) is 79.0 cm³/mol. The van der Waals surface area contributed by atoms with Gasteiger partial charge < -0.3 is 0 Å². The third kappa shape index (κ3) is 2.66. The molecule has 0 bridgehead atoms. The van der Waals surface area contributed by atoms with Crippen molar-refractivity contribution in [3.05, 3.63) is 22.4 Å². The maximum absolute atomic E-state index is 12.3. The molecule has 1 aromatic heterocycles. The van der Waals surface area contributed by atoms with E-state index < -0.39 is 25.1 Å². The SMILES string of the molecule is O=S1(=O)CCN(S(=O)(=O)C2CC2)CCC1c1cccs1. The molecule has 2 fully saturated rings. The molecule has 1 aliphatic heterocycles. The first kappa shape index (κ1) is 14.5. The average molecular weight is 335 g/mol. The first-order chi connectivity index (χ1) is 9.41. The number of thiophene rings is 1. The molecule has 0 spiro atoms. The molecule has 1 aliphatic carbocycles. The van der Waals surface area contributed by atoms with E-state index in [1.807, 2.05) is 17.5 Å². The van der Waals surface area contributed by atoms with Crippen LogP contribution < -0.4 is 0 Å². The minimum absolute atomic E-state index is 0.0818. The summed E-state index contributed by atoms with van der Waals surface area (Å²) in [6, 6.07) is 3.65.